The van der Waals surface area contributed by atoms with Gasteiger partial charge in [0, 0.05) is 19.3 Å². The highest BCUT2D eigenvalue weighted by Crippen LogP contribution is 2.12. The zero-order valence-electron chi connectivity index (χ0n) is 7.02. The summed E-state index contributed by atoms with van der Waals surface area (Å²) < 4.78 is 1.54. The second kappa shape index (κ2) is 2.58. The number of rotatable bonds is 1. The highest BCUT2D eigenvalue weighted by molar-refractivity contribution is 6.19. The van der Waals surface area contributed by atoms with Crippen molar-refractivity contribution in [2.45, 2.75) is 0 Å². The normalized spacial score (nSPS) is 16.5. The number of anilines is 1. The van der Waals surface area contributed by atoms with E-state index < -0.39 is 6.03 Å². The molecule has 0 saturated carbocycles. The van der Waals surface area contributed by atoms with E-state index in [1.807, 2.05) is 0 Å². The van der Waals surface area contributed by atoms with Crippen LogP contribution >= 0.6 is 0 Å². The second-order valence-electron chi connectivity index (χ2n) is 2.74. The number of urea groups is 1. The van der Waals surface area contributed by atoms with Crippen molar-refractivity contribution in [2.75, 3.05) is 11.4 Å². The second-order valence-corrected chi connectivity index (χ2v) is 2.74. The van der Waals surface area contributed by atoms with Crippen LogP contribution in [-0.2, 0) is 11.8 Å². The van der Waals surface area contributed by atoms with Crippen molar-refractivity contribution < 1.29 is 9.59 Å². The molecule has 1 fully saturated rings. The number of hydrogen-bond donors (Lipinski definition) is 1. The first-order valence-corrected chi connectivity index (χ1v) is 3.79. The van der Waals surface area contributed by atoms with Gasteiger partial charge in [-0.1, -0.05) is 0 Å². The molecule has 1 aliphatic heterocycles. The number of nitrogens with one attached hydrogen (secondary N) is 1. The van der Waals surface area contributed by atoms with Crippen LogP contribution in [0.5, 0.6) is 0 Å². The quantitative estimate of drug-likeness (QED) is 0.591. The van der Waals surface area contributed by atoms with Crippen molar-refractivity contribution in [3.05, 3.63) is 12.3 Å². The lowest BCUT2D eigenvalue weighted by Crippen LogP contribution is -2.31. The van der Waals surface area contributed by atoms with Gasteiger partial charge in [0.15, 0.2) is 5.82 Å². The Morgan fingerprint density at radius 3 is 2.77 bits per heavy atom. The Hall–Kier alpha value is -1.85. The minimum Gasteiger partial charge on any atom is -0.328 e. The smallest absolute Gasteiger partial charge is 0.328 e. The first-order valence-electron chi connectivity index (χ1n) is 3.79. The highest BCUT2D eigenvalue weighted by atomic mass is 16.2. The molecule has 1 aromatic heterocycles. The Kier molecular flexibility index (Phi) is 1.54. The van der Waals surface area contributed by atoms with E-state index in [1.165, 1.54) is 4.68 Å². The number of hydrogen-bond acceptors (Lipinski definition) is 3. The van der Waals surface area contributed by atoms with E-state index in [4.69, 9.17) is 0 Å². The molecule has 2 heterocycles. The van der Waals surface area contributed by atoms with Crippen molar-refractivity contribution in [1.29, 1.82) is 0 Å². The molecule has 1 aliphatic rings. The van der Waals surface area contributed by atoms with E-state index in [9.17, 15) is 9.59 Å². The number of aryl methyl sites for hydroxylation is 1. The van der Waals surface area contributed by atoms with E-state index in [0.717, 1.165) is 4.90 Å². The molecule has 0 bridgehead atoms. The van der Waals surface area contributed by atoms with Gasteiger partial charge in [0.25, 0.3) is 5.91 Å². The van der Waals surface area contributed by atoms with Gasteiger partial charge in [0.2, 0.25) is 0 Å². The molecule has 3 amide bonds. The first kappa shape index (κ1) is 7.78. The summed E-state index contributed by atoms with van der Waals surface area (Å²) in [5.74, 6) is 0.0891. The average molecular weight is 180 g/mol. The molecule has 0 aromatic carbocycles. The number of amides is 3. The van der Waals surface area contributed by atoms with Crippen LogP contribution < -0.4 is 10.2 Å². The summed E-state index contributed by atoms with van der Waals surface area (Å²) in [6.07, 6.45) is 1.67. The maximum atomic E-state index is 11.2. The number of nitrogens with zero attached hydrogens (tertiary/aromatic N) is 3. The standard InChI is InChI=1S/C7H8N4O2/c1-10-3-2-5(9-10)11-6(12)4-8-7(11)13/h2-3H,4H2,1H3,(H,8,13). The third kappa shape index (κ3) is 1.16. The maximum absolute atomic E-state index is 11.2. The lowest BCUT2D eigenvalue weighted by atomic mass is 10.5. The molecule has 2 rings (SSSR count). The van der Waals surface area contributed by atoms with Crippen LogP contribution in [0.4, 0.5) is 10.6 Å². The van der Waals surface area contributed by atoms with Crippen molar-refractivity contribution >= 4 is 17.8 Å². The van der Waals surface area contributed by atoms with Gasteiger partial charge >= 0.3 is 6.03 Å². The third-order valence-corrected chi connectivity index (χ3v) is 1.77. The van der Waals surface area contributed by atoms with Gasteiger partial charge in [0.05, 0.1) is 6.54 Å². The highest BCUT2D eigenvalue weighted by Gasteiger charge is 2.31. The molecule has 1 saturated heterocycles. The number of carbonyl (C=O) groups is 2. The molecular weight excluding hydrogens is 172 g/mol. The zero-order valence-corrected chi connectivity index (χ0v) is 7.02. The summed E-state index contributed by atoms with van der Waals surface area (Å²) in [5, 5.41) is 6.37. The average Bonchev–Trinajstić information content (AvgIpc) is 2.60. The molecule has 1 aromatic rings. The Labute approximate surface area is 74.1 Å². The largest absolute Gasteiger partial charge is 0.330 e. The third-order valence-electron chi connectivity index (χ3n) is 1.77. The van der Waals surface area contributed by atoms with E-state index in [0.29, 0.717) is 5.82 Å². The molecular formula is C7H8N4O2. The molecule has 0 unspecified atom stereocenters. The Morgan fingerprint density at radius 2 is 2.31 bits per heavy atom. The minimum absolute atomic E-state index is 0.0510. The van der Waals surface area contributed by atoms with Crippen molar-refractivity contribution in [3.8, 4) is 0 Å². The van der Waals surface area contributed by atoms with Gasteiger partial charge < -0.3 is 5.32 Å². The van der Waals surface area contributed by atoms with E-state index in [2.05, 4.69) is 10.4 Å². The zero-order chi connectivity index (χ0) is 9.42. The van der Waals surface area contributed by atoms with E-state index >= 15 is 0 Å². The lowest BCUT2D eigenvalue weighted by molar-refractivity contribution is -0.115. The van der Waals surface area contributed by atoms with Gasteiger partial charge in [-0.3, -0.25) is 9.48 Å². The summed E-state index contributed by atoms with van der Waals surface area (Å²) in [7, 11) is 1.72. The molecule has 1 N–H and O–H groups in total. The molecule has 0 atom stereocenters. The molecule has 0 spiro atoms. The van der Waals surface area contributed by atoms with Crippen molar-refractivity contribution in [2.24, 2.45) is 7.05 Å². The predicted molar refractivity (Wildman–Crippen MR) is 44.1 cm³/mol. The van der Waals surface area contributed by atoms with E-state index in [-0.39, 0.29) is 12.5 Å². The van der Waals surface area contributed by atoms with Crippen LogP contribution in [0.2, 0.25) is 0 Å². The van der Waals surface area contributed by atoms with Gasteiger partial charge in [-0.05, 0) is 0 Å². The SMILES string of the molecule is Cn1ccc(N2C(=O)CNC2=O)n1. The van der Waals surface area contributed by atoms with Crippen LogP contribution in [0.25, 0.3) is 0 Å². The lowest BCUT2D eigenvalue weighted by Gasteiger charge is -2.06. The monoisotopic (exact) mass is 180 g/mol. The Balaban J connectivity index is 2.35. The summed E-state index contributed by atoms with van der Waals surface area (Å²) >= 11 is 0. The Morgan fingerprint density at radius 1 is 1.54 bits per heavy atom. The van der Waals surface area contributed by atoms with E-state index in [1.54, 1.807) is 19.3 Å². The van der Waals surface area contributed by atoms with Crippen LogP contribution in [0.3, 0.4) is 0 Å². The van der Waals surface area contributed by atoms with Gasteiger partial charge in [-0.2, -0.15) is 5.10 Å². The van der Waals surface area contributed by atoms with Crippen LogP contribution in [-0.4, -0.2) is 28.3 Å². The predicted octanol–water partition coefficient (Wildman–Crippen LogP) is -0.524. The molecule has 68 valence electrons. The fourth-order valence-electron chi connectivity index (χ4n) is 1.18. The van der Waals surface area contributed by atoms with Crippen molar-refractivity contribution in [1.82, 2.24) is 15.1 Å². The van der Waals surface area contributed by atoms with Crippen LogP contribution in [0.15, 0.2) is 12.3 Å². The van der Waals surface area contributed by atoms with Crippen molar-refractivity contribution in [3.63, 3.8) is 0 Å². The first-order chi connectivity index (χ1) is 6.18. The number of imide groups is 1. The maximum Gasteiger partial charge on any atom is 0.330 e. The molecule has 13 heavy (non-hydrogen) atoms. The summed E-state index contributed by atoms with van der Waals surface area (Å²) in [6, 6.07) is 1.20. The number of carbonyl (C=O) groups excluding carboxylic acids is 2. The fourth-order valence-corrected chi connectivity index (χ4v) is 1.18. The molecule has 0 aliphatic carbocycles. The molecule has 0 radical (unpaired) electrons. The topological polar surface area (TPSA) is 67.2 Å². The van der Waals surface area contributed by atoms with Gasteiger partial charge in [-0.25, -0.2) is 9.69 Å². The summed E-state index contributed by atoms with van der Waals surface area (Å²) in [4.78, 5) is 23.4. The molecule has 6 heteroatoms. The molecule has 6 nitrogen and oxygen atoms in total. The number of aromatic nitrogens is 2. The van der Waals surface area contributed by atoms with Gasteiger partial charge in [0.1, 0.15) is 0 Å². The van der Waals surface area contributed by atoms with Gasteiger partial charge in [-0.15, -0.1) is 0 Å². The minimum atomic E-state index is -0.413. The van der Waals surface area contributed by atoms with Crippen LogP contribution in [0.1, 0.15) is 0 Å². The summed E-state index contributed by atoms with van der Waals surface area (Å²) in [5.41, 5.74) is 0. The van der Waals surface area contributed by atoms with Crippen LogP contribution in [0, 0.1) is 0 Å². The Bertz CT molecular complexity index is 354. The summed E-state index contributed by atoms with van der Waals surface area (Å²) in [6.45, 7) is 0.0510. The fraction of sp³-hybridized carbons (Fsp3) is 0.286.